The number of carbonyl (C=O) groups excluding carboxylic acids is 1. The van der Waals surface area contributed by atoms with Gasteiger partial charge in [0.15, 0.2) is 11.5 Å². The first kappa shape index (κ1) is 25.2. The highest BCUT2D eigenvalue weighted by Gasteiger charge is 2.25. The number of anilines is 3. The van der Waals surface area contributed by atoms with Crippen molar-refractivity contribution < 1.29 is 4.79 Å². The molecule has 2 aliphatic rings. The Morgan fingerprint density at radius 1 is 1.10 bits per heavy atom. The molecule has 0 aliphatic carbocycles. The van der Waals surface area contributed by atoms with Crippen LogP contribution in [-0.2, 0) is 18.5 Å². The van der Waals surface area contributed by atoms with Gasteiger partial charge in [-0.15, -0.1) is 0 Å². The molecule has 6 heterocycles. The molecular formula is C27H35N11O. The number of carbonyl (C=O) groups is 1. The second kappa shape index (κ2) is 9.92. The van der Waals surface area contributed by atoms with Crippen LogP contribution in [0.4, 0.5) is 17.5 Å². The monoisotopic (exact) mass is 529 g/mol. The van der Waals surface area contributed by atoms with E-state index < -0.39 is 0 Å². The van der Waals surface area contributed by atoms with Gasteiger partial charge in [-0.3, -0.25) is 19.4 Å². The first-order chi connectivity index (χ1) is 18.7. The first-order valence-corrected chi connectivity index (χ1v) is 13.5. The molecule has 12 heteroatoms. The van der Waals surface area contributed by atoms with Gasteiger partial charge in [-0.2, -0.15) is 14.7 Å². The van der Waals surface area contributed by atoms with E-state index in [1.54, 1.807) is 23.1 Å². The Bertz CT molecular complexity index is 1480. The van der Waals surface area contributed by atoms with E-state index in [0.29, 0.717) is 12.2 Å². The lowest BCUT2D eigenvalue weighted by Crippen LogP contribution is -2.48. The van der Waals surface area contributed by atoms with Crippen molar-refractivity contribution in [1.82, 2.24) is 44.6 Å². The SMILES string of the molecule is CN1CCn2nc(Nc3cc(N4CCCC(NC(=O)c5cnc(C(C)(C)C)cn5)C4)nc4ccnn34)cc2C1. The van der Waals surface area contributed by atoms with Gasteiger partial charge in [-0.1, -0.05) is 20.8 Å². The lowest BCUT2D eigenvalue weighted by atomic mass is 9.93. The van der Waals surface area contributed by atoms with Crippen LogP contribution >= 0.6 is 0 Å². The minimum Gasteiger partial charge on any atom is -0.354 e. The molecule has 1 unspecified atom stereocenters. The number of rotatable bonds is 5. The molecule has 0 spiro atoms. The largest absolute Gasteiger partial charge is 0.354 e. The molecule has 204 valence electrons. The number of hydrogen-bond acceptors (Lipinski definition) is 9. The van der Waals surface area contributed by atoms with E-state index in [2.05, 4.69) is 74.1 Å². The molecule has 1 atom stereocenters. The van der Waals surface area contributed by atoms with Gasteiger partial charge in [0.25, 0.3) is 5.91 Å². The fraction of sp³-hybridized carbons (Fsp3) is 0.481. The third kappa shape index (κ3) is 5.29. The number of likely N-dealkylation sites (N-methyl/N-ethyl adjacent to an activating group) is 1. The average Bonchev–Trinajstić information content (AvgIpc) is 3.55. The number of amides is 1. The number of piperidine rings is 1. The molecule has 6 rings (SSSR count). The van der Waals surface area contributed by atoms with Gasteiger partial charge in [-0.05, 0) is 19.9 Å². The predicted molar refractivity (Wildman–Crippen MR) is 148 cm³/mol. The lowest BCUT2D eigenvalue weighted by molar-refractivity contribution is 0.0927. The number of nitrogens with zero attached hydrogens (tertiary/aromatic N) is 9. The van der Waals surface area contributed by atoms with E-state index in [9.17, 15) is 4.79 Å². The van der Waals surface area contributed by atoms with Crippen molar-refractivity contribution >= 4 is 29.0 Å². The minimum atomic E-state index is -0.203. The summed E-state index contributed by atoms with van der Waals surface area (Å²) in [5.74, 6) is 2.22. The summed E-state index contributed by atoms with van der Waals surface area (Å²) in [7, 11) is 2.12. The van der Waals surface area contributed by atoms with Gasteiger partial charge in [0, 0.05) is 62.0 Å². The zero-order valence-electron chi connectivity index (χ0n) is 22.9. The summed E-state index contributed by atoms with van der Waals surface area (Å²) in [5, 5.41) is 15.8. The van der Waals surface area contributed by atoms with Gasteiger partial charge in [0.2, 0.25) is 0 Å². The number of hydrogen-bond donors (Lipinski definition) is 2. The van der Waals surface area contributed by atoms with Crippen molar-refractivity contribution in [3.05, 3.63) is 53.9 Å². The Balaban J connectivity index is 1.18. The van der Waals surface area contributed by atoms with E-state index in [-0.39, 0.29) is 17.4 Å². The van der Waals surface area contributed by atoms with Crippen molar-refractivity contribution in [2.45, 2.75) is 58.2 Å². The van der Waals surface area contributed by atoms with E-state index in [4.69, 9.17) is 10.1 Å². The van der Waals surface area contributed by atoms with Crippen molar-refractivity contribution in [2.75, 3.05) is 36.9 Å². The fourth-order valence-corrected chi connectivity index (χ4v) is 5.14. The summed E-state index contributed by atoms with van der Waals surface area (Å²) >= 11 is 0. The van der Waals surface area contributed by atoms with Crippen LogP contribution in [-0.4, -0.2) is 77.9 Å². The van der Waals surface area contributed by atoms with E-state index in [0.717, 1.165) is 67.8 Å². The van der Waals surface area contributed by atoms with Gasteiger partial charge in [0.1, 0.15) is 17.3 Å². The highest BCUT2D eigenvalue weighted by atomic mass is 16.2. The van der Waals surface area contributed by atoms with E-state index in [1.807, 2.05) is 12.1 Å². The molecule has 0 aromatic carbocycles. The van der Waals surface area contributed by atoms with E-state index >= 15 is 0 Å². The Kier molecular flexibility index (Phi) is 6.42. The molecular weight excluding hydrogens is 494 g/mol. The zero-order valence-corrected chi connectivity index (χ0v) is 22.9. The quantitative estimate of drug-likeness (QED) is 0.402. The normalized spacial score (nSPS) is 18.3. The van der Waals surface area contributed by atoms with Crippen LogP contribution < -0.4 is 15.5 Å². The van der Waals surface area contributed by atoms with Crippen LogP contribution in [0.5, 0.6) is 0 Å². The molecule has 1 saturated heterocycles. The van der Waals surface area contributed by atoms with Gasteiger partial charge in [-0.25, -0.2) is 9.97 Å². The topological polar surface area (TPSA) is 121 Å². The molecule has 1 amide bonds. The summed E-state index contributed by atoms with van der Waals surface area (Å²) in [6, 6.07) is 5.97. The van der Waals surface area contributed by atoms with Crippen molar-refractivity contribution in [2.24, 2.45) is 0 Å². The van der Waals surface area contributed by atoms with Crippen LogP contribution in [0.25, 0.3) is 5.65 Å². The molecule has 0 saturated carbocycles. The lowest BCUT2D eigenvalue weighted by Gasteiger charge is -2.34. The number of nitrogens with one attached hydrogen (secondary N) is 2. The summed E-state index contributed by atoms with van der Waals surface area (Å²) in [6.45, 7) is 10.5. The molecule has 2 N–H and O–H groups in total. The summed E-state index contributed by atoms with van der Waals surface area (Å²) in [6.07, 6.45) is 6.83. The molecule has 12 nitrogen and oxygen atoms in total. The van der Waals surface area contributed by atoms with Crippen LogP contribution in [0.3, 0.4) is 0 Å². The Morgan fingerprint density at radius 2 is 1.97 bits per heavy atom. The zero-order chi connectivity index (χ0) is 27.1. The van der Waals surface area contributed by atoms with Crippen molar-refractivity contribution in [3.8, 4) is 0 Å². The summed E-state index contributed by atoms with van der Waals surface area (Å²) in [4.78, 5) is 31.1. The van der Waals surface area contributed by atoms with Crippen molar-refractivity contribution in [1.29, 1.82) is 0 Å². The highest BCUT2D eigenvalue weighted by Crippen LogP contribution is 2.26. The first-order valence-electron chi connectivity index (χ1n) is 13.5. The van der Waals surface area contributed by atoms with Gasteiger partial charge in [0.05, 0.1) is 30.3 Å². The summed E-state index contributed by atoms with van der Waals surface area (Å²) < 4.78 is 3.85. The second-order valence-corrected chi connectivity index (χ2v) is 11.5. The standard InChI is InChI=1S/C27H35N11O/c1-27(2,3)21-15-28-20(14-29-21)26(39)31-18-6-5-9-36(16-18)24-13-25(38-23(33-24)7-8-30-38)32-22-12-19-17-35(4)10-11-37(19)34-22/h7-8,12-15,18H,5-6,9-11,16-17H2,1-4H3,(H,31,39)(H,32,34). The maximum Gasteiger partial charge on any atom is 0.271 e. The average molecular weight is 530 g/mol. The molecule has 1 fully saturated rings. The van der Waals surface area contributed by atoms with Crippen molar-refractivity contribution in [3.63, 3.8) is 0 Å². The smallest absolute Gasteiger partial charge is 0.271 e. The number of aromatic nitrogens is 7. The number of fused-ring (bicyclic) bond motifs is 2. The molecule has 4 aromatic rings. The van der Waals surface area contributed by atoms with E-state index in [1.165, 1.54) is 5.69 Å². The van der Waals surface area contributed by atoms with Crippen LogP contribution in [0, 0.1) is 0 Å². The molecule has 0 bridgehead atoms. The Hall–Kier alpha value is -4.06. The molecule has 2 aliphatic heterocycles. The highest BCUT2D eigenvalue weighted by molar-refractivity contribution is 5.92. The Labute approximate surface area is 227 Å². The van der Waals surface area contributed by atoms with Gasteiger partial charge >= 0.3 is 0 Å². The minimum absolute atomic E-state index is 0.0217. The third-order valence-electron chi connectivity index (χ3n) is 7.32. The van der Waals surface area contributed by atoms with Crippen LogP contribution in [0.2, 0.25) is 0 Å². The molecule has 0 radical (unpaired) electrons. The summed E-state index contributed by atoms with van der Waals surface area (Å²) in [5.41, 5.74) is 3.01. The van der Waals surface area contributed by atoms with Crippen LogP contribution in [0.15, 0.2) is 36.8 Å². The third-order valence-corrected chi connectivity index (χ3v) is 7.32. The molecule has 39 heavy (non-hydrogen) atoms. The Morgan fingerprint density at radius 3 is 2.77 bits per heavy atom. The van der Waals surface area contributed by atoms with Gasteiger partial charge < -0.3 is 15.5 Å². The predicted octanol–water partition coefficient (Wildman–Crippen LogP) is 2.60. The van der Waals surface area contributed by atoms with Crippen LogP contribution in [0.1, 0.15) is 55.5 Å². The maximum atomic E-state index is 12.9. The second-order valence-electron chi connectivity index (χ2n) is 11.5. The fourth-order valence-electron chi connectivity index (χ4n) is 5.14. The molecule has 4 aromatic heterocycles. The maximum absolute atomic E-state index is 12.9.